The standard InChI is InChI=1S/C26H37N7O3.2C2HF3O2/c1-3-36-25(35)16-8-4-5-9-18(16)31-24(34)23-29-19-13-12-15(2)14-17(19)22(33-23)30-20-10-6-7-11-21(20)32-26(27)28;2*3-2(4,5)1(6)7/h12-14,16,18,20-21H,3-11H2,1-2H3,(H,31,34)(H4,27,28,32)(H,29,30,33);2*(H,6,7)/t16-,18-,20?,21?;;/m1../s1. The number of benzene rings is 1. The number of carboxylic acids is 2. The zero-order valence-corrected chi connectivity index (χ0v) is 27.1. The number of rotatable bonds is 7. The van der Waals surface area contributed by atoms with E-state index in [1.54, 1.807) is 6.92 Å². The Balaban J connectivity index is 0.000000521. The predicted octanol–water partition coefficient (Wildman–Crippen LogP) is 4.26. The van der Waals surface area contributed by atoms with Gasteiger partial charge in [-0.15, -0.1) is 0 Å². The van der Waals surface area contributed by atoms with Crippen LogP contribution in [0.5, 0.6) is 0 Å². The highest BCUT2D eigenvalue weighted by Gasteiger charge is 2.39. The number of nitrogens with zero attached hydrogens (tertiary/aromatic N) is 2. The number of carbonyl (C=O) groups excluding carboxylic acids is 2. The summed E-state index contributed by atoms with van der Waals surface area (Å²) < 4.78 is 68.7. The first-order valence-electron chi connectivity index (χ1n) is 15.5. The number of guanidine groups is 1. The molecule has 1 aromatic carbocycles. The molecule has 0 aliphatic heterocycles. The molecule has 2 fully saturated rings. The number of carboxylic acid groups (broad SMARTS) is 2. The van der Waals surface area contributed by atoms with E-state index >= 15 is 0 Å². The summed E-state index contributed by atoms with van der Waals surface area (Å²) in [6.45, 7) is 4.11. The van der Waals surface area contributed by atoms with Crippen molar-refractivity contribution in [3.05, 3.63) is 29.6 Å². The van der Waals surface area contributed by atoms with Crippen molar-refractivity contribution in [2.24, 2.45) is 11.7 Å². The number of nitrogens with one attached hydrogen (secondary N) is 4. The number of amides is 1. The van der Waals surface area contributed by atoms with Gasteiger partial charge in [0.05, 0.1) is 18.0 Å². The third-order valence-corrected chi connectivity index (χ3v) is 7.64. The Morgan fingerprint density at radius 1 is 0.880 bits per heavy atom. The number of ether oxygens (including phenoxy) is 1. The lowest BCUT2D eigenvalue weighted by molar-refractivity contribution is -0.193. The fourth-order valence-corrected chi connectivity index (χ4v) is 5.37. The van der Waals surface area contributed by atoms with Gasteiger partial charge in [-0.25, -0.2) is 19.6 Å². The van der Waals surface area contributed by atoms with E-state index in [-0.39, 0.29) is 41.8 Å². The van der Waals surface area contributed by atoms with Crippen LogP contribution in [0.4, 0.5) is 32.2 Å². The first-order valence-corrected chi connectivity index (χ1v) is 15.5. The highest BCUT2D eigenvalue weighted by Crippen LogP contribution is 2.28. The molecule has 1 heterocycles. The van der Waals surface area contributed by atoms with Gasteiger partial charge in [0, 0.05) is 23.5 Å². The second-order valence-electron chi connectivity index (χ2n) is 11.4. The first-order chi connectivity index (χ1) is 23.2. The Hall–Kier alpha value is -4.91. The second-order valence-corrected chi connectivity index (χ2v) is 11.4. The molecule has 8 N–H and O–H groups in total. The molecule has 4 atom stereocenters. The van der Waals surface area contributed by atoms with Crippen LogP contribution in [0.25, 0.3) is 10.9 Å². The van der Waals surface area contributed by atoms with Crippen molar-refractivity contribution in [2.75, 3.05) is 11.9 Å². The molecule has 2 aliphatic carbocycles. The van der Waals surface area contributed by atoms with Gasteiger partial charge >= 0.3 is 30.3 Å². The van der Waals surface area contributed by atoms with Gasteiger partial charge in [0.2, 0.25) is 5.82 Å². The van der Waals surface area contributed by atoms with Crippen molar-refractivity contribution in [3.8, 4) is 0 Å². The zero-order valence-electron chi connectivity index (χ0n) is 27.1. The van der Waals surface area contributed by atoms with Crippen LogP contribution in [0.1, 0.15) is 74.5 Å². The number of esters is 1. The minimum absolute atomic E-state index is 0.00344. The van der Waals surface area contributed by atoms with Crippen LogP contribution in [0, 0.1) is 18.3 Å². The van der Waals surface area contributed by atoms with Crippen LogP contribution in [0.3, 0.4) is 0 Å². The van der Waals surface area contributed by atoms with E-state index in [1.165, 1.54) is 0 Å². The van der Waals surface area contributed by atoms with Crippen molar-refractivity contribution in [1.29, 1.82) is 5.41 Å². The fraction of sp³-hybridized carbons (Fsp3) is 0.567. The minimum Gasteiger partial charge on any atom is -0.475 e. The largest absolute Gasteiger partial charge is 0.490 e. The van der Waals surface area contributed by atoms with Gasteiger partial charge in [-0.1, -0.05) is 37.3 Å². The number of hydrogen-bond donors (Lipinski definition) is 7. The van der Waals surface area contributed by atoms with Gasteiger partial charge in [-0.05, 0) is 51.7 Å². The molecule has 2 saturated carbocycles. The van der Waals surface area contributed by atoms with E-state index in [4.69, 9.17) is 35.7 Å². The van der Waals surface area contributed by atoms with Crippen LogP contribution in [-0.4, -0.2) is 87.0 Å². The number of aliphatic carboxylic acids is 2. The molecule has 1 amide bonds. The molecule has 14 nitrogen and oxygen atoms in total. The van der Waals surface area contributed by atoms with E-state index in [0.717, 1.165) is 49.5 Å². The molecule has 4 rings (SSSR count). The molecule has 0 radical (unpaired) electrons. The van der Waals surface area contributed by atoms with E-state index in [1.807, 2.05) is 25.1 Å². The summed E-state index contributed by atoms with van der Waals surface area (Å²) in [5, 5.41) is 32.4. The van der Waals surface area contributed by atoms with E-state index in [2.05, 4.69) is 25.9 Å². The Kier molecular flexibility index (Phi) is 15.0. The lowest BCUT2D eigenvalue weighted by atomic mass is 9.84. The average molecular weight is 724 g/mol. The highest BCUT2D eigenvalue weighted by atomic mass is 19.4. The van der Waals surface area contributed by atoms with Crippen molar-refractivity contribution in [2.45, 2.75) is 95.7 Å². The number of aromatic nitrogens is 2. The Morgan fingerprint density at radius 3 is 1.92 bits per heavy atom. The molecule has 0 bridgehead atoms. The molecular weight excluding hydrogens is 684 g/mol. The molecule has 1 aromatic heterocycles. The maximum Gasteiger partial charge on any atom is 0.490 e. The summed E-state index contributed by atoms with van der Waals surface area (Å²) in [7, 11) is 0. The molecular formula is C30H39F6N7O7. The number of hydrogen-bond acceptors (Lipinski definition) is 9. The van der Waals surface area contributed by atoms with Gasteiger partial charge in [-0.2, -0.15) is 26.3 Å². The molecule has 0 saturated heterocycles. The van der Waals surface area contributed by atoms with Gasteiger partial charge in [-0.3, -0.25) is 15.0 Å². The molecule has 20 heteroatoms. The van der Waals surface area contributed by atoms with Gasteiger partial charge in [0.25, 0.3) is 5.91 Å². The van der Waals surface area contributed by atoms with E-state index in [0.29, 0.717) is 30.8 Å². The normalized spacial score (nSPS) is 20.5. The van der Waals surface area contributed by atoms with Crippen molar-refractivity contribution >= 4 is 46.5 Å². The molecule has 50 heavy (non-hydrogen) atoms. The molecule has 0 spiro atoms. The third-order valence-electron chi connectivity index (χ3n) is 7.64. The lowest BCUT2D eigenvalue weighted by Gasteiger charge is -2.33. The summed E-state index contributed by atoms with van der Waals surface area (Å²) in [5.74, 6) is -5.94. The molecule has 2 aliphatic rings. The maximum absolute atomic E-state index is 13.3. The average Bonchev–Trinajstić information content (AvgIpc) is 3.02. The van der Waals surface area contributed by atoms with Gasteiger partial charge in [0.15, 0.2) is 5.96 Å². The lowest BCUT2D eigenvalue weighted by Crippen LogP contribution is -2.50. The number of alkyl halides is 6. The Morgan fingerprint density at radius 2 is 1.40 bits per heavy atom. The van der Waals surface area contributed by atoms with Crippen molar-refractivity contribution in [1.82, 2.24) is 20.6 Å². The molecule has 2 unspecified atom stereocenters. The van der Waals surface area contributed by atoms with Crippen LogP contribution in [-0.2, 0) is 19.1 Å². The van der Waals surface area contributed by atoms with Crippen LogP contribution in [0.2, 0.25) is 0 Å². The number of nitrogens with two attached hydrogens (primary N) is 1. The summed E-state index contributed by atoms with van der Waals surface area (Å²) in [4.78, 5) is 52.8. The zero-order chi connectivity index (χ0) is 37.8. The van der Waals surface area contributed by atoms with Gasteiger partial charge in [0.1, 0.15) is 5.82 Å². The fourth-order valence-electron chi connectivity index (χ4n) is 5.37. The minimum atomic E-state index is -5.08. The van der Waals surface area contributed by atoms with Gasteiger partial charge < -0.3 is 36.6 Å². The smallest absolute Gasteiger partial charge is 0.475 e. The topological polar surface area (TPSA) is 230 Å². The highest BCUT2D eigenvalue weighted by molar-refractivity contribution is 5.97. The number of fused-ring (bicyclic) bond motifs is 1. The Labute approximate surface area is 282 Å². The predicted molar refractivity (Wildman–Crippen MR) is 166 cm³/mol. The van der Waals surface area contributed by atoms with E-state index < -0.39 is 30.2 Å². The third kappa shape index (κ3) is 12.8. The second kappa shape index (κ2) is 18.2. The van der Waals surface area contributed by atoms with Crippen LogP contribution < -0.4 is 21.7 Å². The quantitative estimate of drug-likeness (QED) is 0.0920. The monoisotopic (exact) mass is 723 g/mol. The van der Waals surface area contributed by atoms with Crippen LogP contribution >= 0.6 is 0 Å². The number of aryl methyl sites for hydroxylation is 1. The summed E-state index contributed by atoms with van der Waals surface area (Å²) in [6, 6.07) is 5.55. The number of anilines is 1. The SMILES string of the molecule is CCOC(=O)[C@@H]1CCCC[C@H]1NC(=O)c1nc(NC2CCCCC2NC(=N)N)c2cc(C)ccc2n1.O=C(O)C(F)(F)F.O=C(O)C(F)(F)F. The maximum atomic E-state index is 13.3. The number of carbonyl (C=O) groups is 4. The van der Waals surface area contributed by atoms with Crippen molar-refractivity contribution in [3.63, 3.8) is 0 Å². The first kappa shape index (κ1) is 41.3. The van der Waals surface area contributed by atoms with E-state index in [9.17, 15) is 35.9 Å². The summed E-state index contributed by atoms with van der Waals surface area (Å²) >= 11 is 0. The molecule has 2 aromatic rings. The molecule has 278 valence electrons. The van der Waals surface area contributed by atoms with Crippen LogP contribution in [0.15, 0.2) is 18.2 Å². The number of halogens is 6. The van der Waals surface area contributed by atoms with Crippen molar-refractivity contribution < 1.29 is 60.5 Å². The summed E-state index contributed by atoms with van der Waals surface area (Å²) in [6.07, 6.45) is -2.97. The summed E-state index contributed by atoms with van der Waals surface area (Å²) in [5.41, 5.74) is 7.36. The Bertz CT molecular complexity index is 1500.